The fourth-order valence-corrected chi connectivity index (χ4v) is 5.14. The van der Waals surface area contributed by atoms with Gasteiger partial charge in [0.2, 0.25) is 0 Å². The molecule has 2 aromatic heterocycles. The van der Waals surface area contributed by atoms with Gasteiger partial charge in [0.1, 0.15) is 17.4 Å². The van der Waals surface area contributed by atoms with Crippen molar-refractivity contribution >= 4 is 11.0 Å². The predicted molar refractivity (Wildman–Crippen MR) is 171 cm³/mol. The molecule has 6 nitrogen and oxygen atoms in total. The van der Waals surface area contributed by atoms with E-state index in [-0.39, 0.29) is 0 Å². The van der Waals surface area contributed by atoms with E-state index in [0.717, 1.165) is 60.3 Å². The highest BCUT2D eigenvalue weighted by molar-refractivity contribution is 5.82. The highest BCUT2D eigenvalue weighted by Crippen LogP contribution is 2.34. The van der Waals surface area contributed by atoms with Gasteiger partial charge in [0.05, 0.1) is 24.2 Å². The fourth-order valence-electron chi connectivity index (χ4n) is 5.14. The number of hydrogen-bond acceptors (Lipinski definition) is 5. The van der Waals surface area contributed by atoms with E-state index in [9.17, 15) is 0 Å². The molecule has 1 aliphatic carbocycles. The van der Waals surface area contributed by atoms with Gasteiger partial charge in [-0.05, 0) is 125 Å². The smallest absolute Gasteiger partial charge is 0.142 e. The van der Waals surface area contributed by atoms with Crippen LogP contribution in [0.15, 0.2) is 36.4 Å². The molecule has 0 spiro atoms. The van der Waals surface area contributed by atoms with Crippen LogP contribution in [0.5, 0.6) is 5.75 Å². The molecular weight excluding hydrogens is 506 g/mol. The third kappa shape index (κ3) is 8.62. The molecule has 220 valence electrons. The summed E-state index contributed by atoms with van der Waals surface area (Å²) in [5.41, 5.74) is 9.53. The molecule has 4 aromatic rings. The van der Waals surface area contributed by atoms with E-state index in [1.807, 2.05) is 21.0 Å². The van der Waals surface area contributed by atoms with E-state index in [4.69, 9.17) is 4.74 Å². The number of aromatic nitrogens is 4. The second-order valence-corrected chi connectivity index (χ2v) is 12.1. The van der Waals surface area contributed by atoms with Gasteiger partial charge in [0, 0.05) is 11.4 Å². The van der Waals surface area contributed by atoms with Crippen LogP contribution in [0.3, 0.4) is 0 Å². The van der Waals surface area contributed by atoms with Crippen LogP contribution in [0.1, 0.15) is 80.6 Å². The summed E-state index contributed by atoms with van der Waals surface area (Å²) < 4.78 is 6.05. The SMILES string of the molecule is CCc1cc(-c2ccc3nc(C)[nH]c3c2)ccc1OCCC(C)CC.Cc1nc(CN(C)C)nc(C)c1CC1CC1. The molecule has 0 bridgehead atoms. The normalized spacial score (nSPS) is 13.8. The maximum Gasteiger partial charge on any atom is 0.142 e. The lowest BCUT2D eigenvalue weighted by Gasteiger charge is -2.14. The summed E-state index contributed by atoms with van der Waals surface area (Å²) >= 11 is 0. The van der Waals surface area contributed by atoms with E-state index in [1.54, 1.807) is 0 Å². The molecule has 0 aliphatic heterocycles. The summed E-state index contributed by atoms with van der Waals surface area (Å²) in [5.74, 6) is 4.54. The van der Waals surface area contributed by atoms with Gasteiger partial charge in [0.15, 0.2) is 0 Å². The van der Waals surface area contributed by atoms with Crippen LogP contribution in [0.2, 0.25) is 0 Å². The summed E-state index contributed by atoms with van der Waals surface area (Å²) in [5, 5.41) is 0. The van der Waals surface area contributed by atoms with E-state index >= 15 is 0 Å². The lowest BCUT2D eigenvalue weighted by molar-refractivity contribution is 0.279. The largest absolute Gasteiger partial charge is 0.493 e. The number of rotatable bonds is 11. The maximum absolute atomic E-state index is 6.05. The molecule has 0 saturated heterocycles. The van der Waals surface area contributed by atoms with Crippen LogP contribution in [-0.2, 0) is 19.4 Å². The van der Waals surface area contributed by atoms with E-state index in [0.29, 0.717) is 5.92 Å². The van der Waals surface area contributed by atoms with Crippen molar-refractivity contribution in [3.05, 3.63) is 70.6 Å². The highest BCUT2D eigenvalue weighted by atomic mass is 16.5. The Hall–Kier alpha value is -3.25. The predicted octanol–water partition coefficient (Wildman–Crippen LogP) is 8.02. The number of nitrogens with one attached hydrogen (secondary N) is 1. The Morgan fingerprint density at radius 2 is 1.63 bits per heavy atom. The number of hydrogen-bond donors (Lipinski definition) is 1. The average Bonchev–Trinajstić information content (AvgIpc) is 3.68. The lowest BCUT2D eigenvalue weighted by Crippen LogP contribution is -2.15. The first-order valence-electron chi connectivity index (χ1n) is 15.4. The Balaban J connectivity index is 0.000000208. The van der Waals surface area contributed by atoms with Crippen LogP contribution >= 0.6 is 0 Å². The minimum absolute atomic E-state index is 0.717. The topological polar surface area (TPSA) is 66.9 Å². The Kier molecular flexibility index (Phi) is 10.5. The molecule has 6 heteroatoms. The van der Waals surface area contributed by atoms with Crippen molar-refractivity contribution in [3.63, 3.8) is 0 Å². The molecule has 1 unspecified atom stereocenters. The van der Waals surface area contributed by atoms with Gasteiger partial charge in [-0.25, -0.2) is 15.0 Å². The van der Waals surface area contributed by atoms with Crippen molar-refractivity contribution in [3.8, 4) is 16.9 Å². The molecule has 5 rings (SSSR count). The number of H-pyrrole nitrogens is 1. The van der Waals surface area contributed by atoms with Crippen LogP contribution < -0.4 is 4.74 Å². The summed E-state index contributed by atoms with van der Waals surface area (Å²) in [6, 6.07) is 12.9. The van der Waals surface area contributed by atoms with Crippen molar-refractivity contribution in [1.29, 1.82) is 0 Å². The number of fused-ring (bicyclic) bond motifs is 1. The first-order chi connectivity index (χ1) is 19.7. The molecule has 1 fully saturated rings. The zero-order valence-corrected chi connectivity index (χ0v) is 26.5. The van der Waals surface area contributed by atoms with Crippen molar-refractivity contribution in [1.82, 2.24) is 24.8 Å². The van der Waals surface area contributed by atoms with Gasteiger partial charge in [0.25, 0.3) is 0 Å². The minimum atomic E-state index is 0.717. The third-order valence-electron chi connectivity index (χ3n) is 8.05. The van der Waals surface area contributed by atoms with E-state index < -0.39 is 0 Å². The second kappa shape index (κ2) is 14.1. The molecule has 2 aromatic carbocycles. The fraction of sp³-hybridized carbons (Fsp3) is 0.514. The van der Waals surface area contributed by atoms with Crippen LogP contribution in [-0.4, -0.2) is 45.5 Å². The van der Waals surface area contributed by atoms with E-state index in [2.05, 4.69) is 95.9 Å². The van der Waals surface area contributed by atoms with Gasteiger partial charge in [-0.15, -0.1) is 0 Å². The zero-order valence-electron chi connectivity index (χ0n) is 26.5. The Labute approximate surface area is 247 Å². The Bertz CT molecular complexity index is 1410. The van der Waals surface area contributed by atoms with Crippen molar-refractivity contribution in [2.75, 3.05) is 20.7 Å². The summed E-state index contributed by atoms with van der Waals surface area (Å²) in [7, 11) is 4.10. The molecule has 0 radical (unpaired) electrons. The van der Waals surface area contributed by atoms with Crippen LogP contribution in [0, 0.1) is 32.6 Å². The van der Waals surface area contributed by atoms with E-state index in [1.165, 1.54) is 59.3 Å². The van der Waals surface area contributed by atoms with Crippen LogP contribution in [0.25, 0.3) is 22.2 Å². The number of benzene rings is 2. The Morgan fingerprint density at radius 1 is 0.951 bits per heavy atom. The van der Waals surface area contributed by atoms with Crippen LogP contribution in [0.4, 0.5) is 0 Å². The molecule has 41 heavy (non-hydrogen) atoms. The van der Waals surface area contributed by atoms with Gasteiger partial charge in [-0.3, -0.25) is 0 Å². The first-order valence-corrected chi connectivity index (χ1v) is 15.4. The molecule has 0 amide bonds. The number of nitrogens with zero attached hydrogens (tertiary/aromatic N) is 4. The third-order valence-corrected chi connectivity index (χ3v) is 8.05. The number of imidazole rings is 1. The maximum atomic E-state index is 6.05. The molecule has 1 saturated carbocycles. The lowest BCUT2D eigenvalue weighted by atomic mass is 10.0. The van der Waals surface area contributed by atoms with Gasteiger partial charge in [-0.1, -0.05) is 39.3 Å². The van der Waals surface area contributed by atoms with Crippen molar-refractivity contribution < 1.29 is 4.74 Å². The van der Waals surface area contributed by atoms with Crippen molar-refractivity contribution in [2.24, 2.45) is 11.8 Å². The number of aromatic amines is 1. The van der Waals surface area contributed by atoms with Gasteiger partial charge < -0.3 is 14.6 Å². The number of aryl methyl sites for hydroxylation is 4. The standard InChI is InChI=1S/C22H28N2O.C13H21N3/c1-5-15(3)11-12-25-22-10-8-18(13-17(22)6-2)19-7-9-20-21(14-19)24-16(4)23-20;1-9-12(7-11-5-6-11)10(2)15-13(14-9)8-16(3)4/h7-10,13-15H,5-6,11-12H2,1-4H3,(H,23,24);11H,5-8H2,1-4H3. The van der Waals surface area contributed by atoms with Gasteiger partial charge in [-0.2, -0.15) is 0 Å². The average molecular weight is 556 g/mol. The number of ether oxygens (including phenoxy) is 1. The first kappa shape index (κ1) is 30.7. The Morgan fingerprint density at radius 3 is 2.27 bits per heavy atom. The molecule has 1 N–H and O–H groups in total. The second-order valence-electron chi connectivity index (χ2n) is 12.1. The molecular formula is C35H49N5O. The molecule has 1 aliphatic rings. The summed E-state index contributed by atoms with van der Waals surface area (Å²) in [6.45, 7) is 14.5. The zero-order chi connectivity index (χ0) is 29.5. The summed E-state index contributed by atoms with van der Waals surface area (Å²) in [4.78, 5) is 19.1. The summed E-state index contributed by atoms with van der Waals surface area (Å²) in [6.07, 6.45) is 7.24. The molecule has 1 atom stereocenters. The van der Waals surface area contributed by atoms with Crippen molar-refractivity contribution in [2.45, 2.75) is 86.6 Å². The monoisotopic (exact) mass is 555 g/mol. The highest BCUT2D eigenvalue weighted by Gasteiger charge is 2.24. The quantitative estimate of drug-likeness (QED) is 0.203. The van der Waals surface area contributed by atoms with Gasteiger partial charge >= 0.3 is 0 Å². The molecule has 2 heterocycles. The minimum Gasteiger partial charge on any atom is -0.493 e.